The van der Waals surface area contributed by atoms with Crippen molar-refractivity contribution in [3.8, 4) is 0 Å². The first-order valence-corrected chi connectivity index (χ1v) is 12.7. The van der Waals surface area contributed by atoms with E-state index in [4.69, 9.17) is 0 Å². The molecule has 6 nitrogen and oxygen atoms in total. The van der Waals surface area contributed by atoms with Gasteiger partial charge in [0.05, 0.1) is 11.4 Å². The molecule has 0 bridgehead atoms. The maximum atomic E-state index is 13.0. The summed E-state index contributed by atoms with van der Waals surface area (Å²) in [7, 11) is -3.49. The van der Waals surface area contributed by atoms with E-state index in [1.165, 1.54) is 17.1 Å². The van der Waals surface area contributed by atoms with Crippen LogP contribution in [0.1, 0.15) is 58.4 Å². The Bertz CT molecular complexity index is 815. The molecule has 3 atom stereocenters. The summed E-state index contributed by atoms with van der Waals surface area (Å²) >= 11 is 0. The average Bonchev–Trinajstić information content (AvgIpc) is 2.72. The first kappa shape index (κ1) is 23.2. The Balaban J connectivity index is 1.51. The zero-order valence-corrected chi connectivity index (χ0v) is 19.6. The number of hydrogen-bond acceptors (Lipinski definition) is 4. The van der Waals surface area contributed by atoms with Gasteiger partial charge >= 0.3 is 0 Å². The third-order valence-corrected chi connectivity index (χ3v) is 8.85. The SMILES string of the molecule is CC(C)c1ccc(S(=O)(=O)N2CCN(CC(=O)NC3CCCC(C)C3C)CC2)cc1. The second-order valence-electron chi connectivity index (χ2n) is 9.35. The summed E-state index contributed by atoms with van der Waals surface area (Å²) in [6.45, 7) is 11.0. The van der Waals surface area contributed by atoms with Gasteiger partial charge in [0.2, 0.25) is 15.9 Å². The van der Waals surface area contributed by atoms with Crippen molar-refractivity contribution in [2.24, 2.45) is 11.8 Å². The van der Waals surface area contributed by atoms with E-state index in [1.54, 1.807) is 12.1 Å². The van der Waals surface area contributed by atoms with Gasteiger partial charge in [-0.05, 0) is 41.9 Å². The molecule has 1 aliphatic carbocycles. The molecule has 30 heavy (non-hydrogen) atoms. The minimum absolute atomic E-state index is 0.0570. The van der Waals surface area contributed by atoms with E-state index in [1.807, 2.05) is 12.1 Å². The molecule has 1 aromatic rings. The van der Waals surface area contributed by atoms with Gasteiger partial charge in [0.1, 0.15) is 0 Å². The number of piperazine rings is 1. The lowest BCUT2D eigenvalue weighted by Gasteiger charge is -2.36. The molecule has 0 radical (unpaired) electrons. The third kappa shape index (κ3) is 5.42. The number of nitrogens with one attached hydrogen (secondary N) is 1. The Morgan fingerprint density at radius 2 is 1.70 bits per heavy atom. The quantitative estimate of drug-likeness (QED) is 0.746. The van der Waals surface area contributed by atoms with Crippen LogP contribution in [-0.2, 0) is 14.8 Å². The van der Waals surface area contributed by atoms with E-state index in [-0.39, 0.29) is 11.9 Å². The smallest absolute Gasteiger partial charge is 0.243 e. The maximum absolute atomic E-state index is 13.0. The highest BCUT2D eigenvalue weighted by molar-refractivity contribution is 7.89. The number of hydrogen-bond donors (Lipinski definition) is 1. The minimum Gasteiger partial charge on any atom is -0.352 e. The minimum atomic E-state index is -3.49. The summed E-state index contributed by atoms with van der Waals surface area (Å²) in [6, 6.07) is 7.46. The molecule has 1 aliphatic heterocycles. The molecule has 1 aromatic carbocycles. The molecule has 1 saturated heterocycles. The number of rotatable bonds is 6. The lowest BCUT2D eigenvalue weighted by Crippen LogP contribution is -2.52. The second kappa shape index (κ2) is 9.79. The molecule has 1 heterocycles. The number of nitrogens with zero attached hydrogens (tertiary/aromatic N) is 2. The molecular weight excluding hydrogens is 398 g/mol. The van der Waals surface area contributed by atoms with Gasteiger partial charge in [0.15, 0.2) is 0 Å². The molecule has 3 unspecified atom stereocenters. The van der Waals surface area contributed by atoms with Crippen LogP contribution < -0.4 is 5.32 Å². The molecule has 2 aliphatic rings. The van der Waals surface area contributed by atoms with Gasteiger partial charge < -0.3 is 5.32 Å². The molecule has 3 rings (SSSR count). The molecular formula is C23H37N3O3S. The predicted octanol–water partition coefficient (Wildman–Crippen LogP) is 3.06. The van der Waals surface area contributed by atoms with E-state index in [0.29, 0.717) is 55.4 Å². The molecule has 2 fully saturated rings. The van der Waals surface area contributed by atoms with Crippen molar-refractivity contribution >= 4 is 15.9 Å². The summed E-state index contributed by atoms with van der Waals surface area (Å²) in [5, 5.41) is 3.22. The molecule has 0 aromatic heterocycles. The summed E-state index contributed by atoms with van der Waals surface area (Å²) in [4.78, 5) is 14.9. The van der Waals surface area contributed by atoms with Crippen molar-refractivity contribution in [1.29, 1.82) is 0 Å². The highest BCUT2D eigenvalue weighted by Gasteiger charge is 2.31. The third-order valence-electron chi connectivity index (χ3n) is 6.94. The van der Waals surface area contributed by atoms with Crippen LogP contribution in [0.5, 0.6) is 0 Å². The zero-order chi connectivity index (χ0) is 21.9. The topological polar surface area (TPSA) is 69.7 Å². The van der Waals surface area contributed by atoms with Gasteiger partial charge in [-0.2, -0.15) is 4.31 Å². The number of carbonyl (C=O) groups excluding carboxylic acids is 1. The molecule has 7 heteroatoms. The normalized spacial score (nSPS) is 26.6. The van der Waals surface area contributed by atoms with Crippen molar-refractivity contribution in [3.05, 3.63) is 29.8 Å². The summed E-state index contributed by atoms with van der Waals surface area (Å²) in [6.07, 6.45) is 3.47. The van der Waals surface area contributed by atoms with Gasteiger partial charge in [-0.15, -0.1) is 0 Å². The highest BCUT2D eigenvalue weighted by Crippen LogP contribution is 2.29. The average molecular weight is 436 g/mol. The molecule has 1 saturated carbocycles. The van der Waals surface area contributed by atoms with Gasteiger partial charge in [-0.3, -0.25) is 9.69 Å². The first-order valence-electron chi connectivity index (χ1n) is 11.3. The van der Waals surface area contributed by atoms with E-state index < -0.39 is 10.0 Å². The van der Waals surface area contributed by atoms with Crippen molar-refractivity contribution in [3.63, 3.8) is 0 Å². The summed E-state index contributed by atoms with van der Waals surface area (Å²) in [5.74, 6) is 1.58. The van der Waals surface area contributed by atoms with Gasteiger partial charge in [0.25, 0.3) is 0 Å². The predicted molar refractivity (Wildman–Crippen MR) is 120 cm³/mol. The zero-order valence-electron chi connectivity index (χ0n) is 18.8. The van der Waals surface area contributed by atoms with E-state index in [0.717, 1.165) is 12.0 Å². The Morgan fingerprint density at radius 3 is 2.30 bits per heavy atom. The molecule has 1 N–H and O–H groups in total. The van der Waals surface area contributed by atoms with Gasteiger partial charge in [-0.25, -0.2) is 8.42 Å². The molecule has 168 valence electrons. The lowest BCUT2D eigenvalue weighted by atomic mass is 9.78. The molecule has 0 spiro atoms. The Kier molecular flexibility index (Phi) is 7.58. The fourth-order valence-corrected chi connectivity index (χ4v) is 5.97. The molecule has 1 amide bonds. The fraction of sp³-hybridized carbons (Fsp3) is 0.696. The van der Waals surface area contributed by atoms with Crippen molar-refractivity contribution in [2.75, 3.05) is 32.7 Å². The first-order chi connectivity index (χ1) is 14.2. The van der Waals surface area contributed by atoms with Crippen LogP contribution in [-0.4, -0.2) is 62.3 Å². The lowest BCUT2D eigenvalue weighted by molar-refractivity contribution is -0.124. The monoisotopic (exact) mass is 435 g/mol. The van der Waals surface area contributed by atoms with Crippen molar-refractivity contribution in [2.45, 2.75) is 63.8 Å². The van der Waals surface area contributed by atoms with E-state index in [9.17, 15) is 13.2 Å². The Labute approximate surface area is 182 Å². The number of amides is 1. The van der Waals surface area contributed by atoms with Gasteiger partial charge in [-0.1, -0.05) is 52.7 Å². The number of sulfonamides is 1. The second-order valence-corrected chi connectivity index (χ2v) is 11.3. The van der Waals surface area contributed by atoms with E-state index in [2.05, 4.69) is 37.9 Å². The number of carbonyl (C=O) groups is 1. The highest BCUT2D eigenvalue weighted by atomic mass is 32.2. The fourth-order valence-electron chi connectivity index (χ4n) is 4.54. The standard InChI is InChI=1S/C23H37N3O3S/c1-17(2)20-8-10-21(11-9-20)30(28,29)26-14-12-25(13-15-26)16-23(27)24-22-7-5-6-18(3)19(22)4/h8-11,17-19,22H,5-7,12-16H2,1-4H3,(H,24,27). The van der Waals surface area contributed by atoms with Crippen molar-refractivity contribution in [1.82, 2.24) is 14.5 Å². The Morgan fingerprint density at radius 1 is 1.07 bits per heavy atom. The van der Waals surface area contributed by atoms with Crippen LogP contribution in [0, 0.1) is 11.8 Å². The van der Waals surface area contributed by atoms with Crippen LogP contribution in [0.4, 0.5) is 0 Å². The Hall–Kier alpha value is -1.44. The van der Waals surface area contributed by atoms with Crippen molar-refractivity contribution < 1.29 is 13.2 Å². The summed E-state index contributed by atoms with van der Waals surface area (Å²) < 4.78 is 27.4. The van der Waals surface area contributed by atoms with E-state index >= 15 is 0 Å². The van der Waals surface area contributed by atoms with Crippen LogP contribution in [0.3, 0.4) is 0 Å². The van der Waals surface area contributed by atoms with Crippen LogP contribution in [0.25, 0.3) is 0 Å². The van der Waals surface area contributed by atoms with Gasteiger partial charge in [0, 0.05) is 32.2 Å². The van der Waals surface area contributed by atoms with Crippen LogP contribution in [0.2, 0.25) is 0 Å². The van der Waals surface area contributed by atoms with Crippen LogP contribution in [0.15, 0.2) is 29.2 Å². The largest absolute Gasteiger partial charge is 0.352 e. The summed E-state index contributed by atoms with van der Waals surface area (Å²) in [5.41, 5.74) is 1.13. The number of benzene rings is 1. The van der Waals surface area contributed by atoms with Crippen LogP contribution >= 0.6 is 0 Å². The maximum Gasteiger partial charge on any atom is 0.243 e.